The second-order valence-corrected chi connectivity index (χ2v) is 6.26. The lowest BCUT2D eigenvalue weighted by atomic mass is 9.91. The first-order chi connectivity index (χ1) is 9.65. The number of fused-ring (bicyclic) bond motifs is 1. The Balaban J connectivity index is 1.77. The minimum atomic E-state index is 0.0766. The second kappa shape index (κ2) is 5.17. The van der Waals surface area contributed by atoms with Crippen molar-refractivity contribution in [1.29, 1.82) is 0 Å². The zero-order valence-electron chi connectivity index (χ0n) is 11.5. The van der Waals surface area contributed by atoms with Crippen LogP contribution in [0.25, 0.3) is 11.2 Å². The summed E-state index contributed by atoms with van der Waals surface area (Å²) in [7, 11) is 0. The van der Waals surface area contributed by atoms with Crippen molar-refractivity contribution >= 4 is 28.3 Å². The number of aromatic nitrogens is 3. The van der Waals surface area contributed by atoms with Gasteiger partial charge in [-0.3, -0.25) is 4.98 Å². The van der Waals surface area contributed by atoms with Gasteiger partial charge in [-0.15, -0.1) is 11.3 Å². The molecule has 0 aliphatic heterocycles. The van der Waals surface area contributed by atoms with E-state index >= 15 is 0 Å². The fraction of sp³-hybridized carbons (Fsp3) is 0.267. The summed E-state index contributed by atoms with van der Waals surface area (Å²) in [6, 6.07) is 8.15. The van der Waals surface area contributed by atoms with Crippen molar-refractivity contribution in [3.05, 3.63) is 46.9 Å². The molecule has 20 heavy (non-hydrogen) atoms. The maximum absolute atomic E-state index is 4.48. The van der Waals surface area contributed by atoms with Crippen molar-refractivity contribution in [2.24, 2.45) is 0 Å². The van der Waals surface area contributed by atoms with Crippen LogP contribution >= 0.6 is 11.3 Å². The highest BCUT2D eigenvalue weighted by Crippen LogP contribution is 2.27. The molecule has 3 rings (SSSR count). The number of anilines is 1. The van der Waals surface area contributed by atoms with Gasteiger partial charge in [0.2, 0.25) is 0 Å². The molecule has 0 unspecified atom stereocenters. The zero-order chi connectivity index (χ0) is 14.0. The molecule has 5 heteroatoms. The van der Waals surface area contributed by atoms with Crippen LogP contribution in [0.1, 0.15) is 18.7 Å². The SMILES string of the molecule is CC(C)(CNc1ccc2nccnc2n1)c1cccs1. The first kappa shape index (κ1) is 13.0. The van der Waals surface area contributed by atoms with Gasteiger partial charge in [0.15, 0.2) is 5.65 Å². The van der Waals surface area contributed by atoms with E-state index in [2.05, 4.69) is 51.6 Å². The predicted octanol–water partition coefficient (Wildman–Crippen LogP) is 3.48. The van der Waals surface area contributed by atoms with E-state index in [9.17, 15) is 0 Å². The highest BCUT2D eigenvalue weighted by atomic mass is 32.1. The molecular formula is C15H16N4S. The Hall–Kier alpha value is -2.01. The van der Waals surface area contributed by atoms with Gasteiger partial charge in [0.25, 0.3) is 0 Å². The Morgan fingerprint density at radius 3 is 2.80 bits per heavy atom. The monoisotopic (exact) mass is 284 g/mol. The fourth-order valence-corrected chi connectivity index (χ4v) is 2.87. The minimum absolute atomic E-state index is 0.0766. The number of hydrogen-bond donors (Lipinski definition) is 1. The molecule has 0 saturated heterocycles. The number of nitrogens with one attached hydrogen (secondary N) is 1. The summed E-state index contributed by atoms with van der Waals surface area (Å²) < 4.78 is 0. The Kier molecular flexibility index (Phi) is 3.36. The van der Waals surface area contributed by atoms with Gasteiger partial charge in [-0.05, 0) is 23.6 Å². The summed E-state index contributed by atoms with van der Waals surface area (Å²) in [4.78, 5) is 14.3. The average molecular weight is 284 g/mol. The van der Waals surface area contributed by atoms with Crippen LogP contribution in [0, 0.1) is 0 Å². The summed E-state index contributed by atoms with van der Waals surface area (Å²) in [6.07, 6.45) is 3.34. The normalized spacial score (nSPS) is 11.7. The lowest BCUT2D eigenvalue weighted by Crippen LogP contribution is -2.26. The average Bonchev–Trinajstić information content (AvgIpc) is 3.00. The number of hydrogen-bond acceptors (Lipinski definition) is 5. The molecule has 0 aromatic carbocycles. The third-order valence-electron chi connectivity index (χ3n) is 3.23. The number of nitrogens with zero attached hydrogens (tertiary/aromatic N) is 3. The summed E-state index contributed by atoms with van der Waals surface area (Å²) in [5, 5.41) is 5.51. The Morgan fingerprint density at radius 2 is 2.00 bits per heavy atom. The number of thiophene rings is 1. The van der Waals surface area contributed by atoms with Crippen molar-refractivity contribution in [1.82, 2.24) is 15.0 Å². The molecule has 102 valence electrons. The summed E-state index contributed by atoms with van der Waals surface area (Å²) in [5.41, 5.74) is 1.56. The Bertz CT molecular complexity index is 707. The molecule has 0 amide bonds. The fourth-order valence-electron chi connectivity index (χ4n) is 2.02. The molecule has 0 aliphatic rings. The summed E-state index contributed by atoms with van der Waals surface area (Å²) >= 11 is 1.78. The maximum atomic E-state index is 4.48. The maximum Gasteiger partial charge on any atom is 0.180 e. The van der Waals surface area contributed by atoms with Gasteiger partial charge in [0.05, 0.1) is 0 Å². The lowest BCUT2D eigenvalue weighted by Gasteiger charge is -2.24. The van der Waals surface area contributed by atoms with Crippen molar-refractivity contribution in [2.45, 2.75) is 19.3 Å². The van der Waals surface area contributed by atoms with Crippen LogP contribution in [0.2, 0.25) is 0 Å². The number of rotatable bonds is 4. The van der Waals surface area contributed by atoms with Crippen LogP contribution in [0.4, 0.5) is 5.82 Å². The van der Waals surface area contributed by atoms with Gasteiger partial charge in [0.1, 0.15) is 11.3 Å². The van der Waals surface area contributed by atoms with E-state index in [0.717, 1.165) is 17.9 Å². The van der Waals surface area contributed by atoms with E-state index in [0.29, 0.717) is 5.65 Å². The Labute approximate surface area is 121 Å². The largest absolute Gasteiger partial charge is 0.369 e. The minimum Gasteiger partial charge on any atom is -0.369 e. The van der Waals surface area contributed by atoms with Crippen molar-refractivity contribution < 1.29 is 0 Å². The van der Waals surface area contributed by atoms with Gasteiger partial charge in [0, 0.05) is 29.2 Å². The smallest absolute Gasteiger partial charge is 0.180 e. The highest BCUT2D eigenvalue weighted by Gasteiger charge is 2.21. The molecule has 3 aromatic heterocycles. The van der Waals surface area contributed by atoms with Gasteiger partial charge >= 0.3 is 0 Å². The molecule has 0 fully saturated rings. The van der Waals surface area contributed by atoms with E-state index in [-0.39, 0.29) is 5.41 Å². The van der Waals surface area contributed by atoms with Crippen LogP contribution in [-0.4, -0.2) is 21.5 Å². The quantitative estimate of drug-likeness (QED) is 0.797. The molecule has 0 saturated carbocycles. The first-order valence-corrected chi connectivity index (χ1v) is 7.39. The Morgan fingerprint density at radius 1 is 1.15 bits per heavy atom. The van der Waals surface area contributed by atoms with E-state index in [1.165, 1.54) is 4.88 Å². The van der Waals surface area contributed by atoms with Crippen LogP contribution < -0.4 is 5.32 Å². The predicted molar refractivity (Wildman–Crippen MR) is 83.2 cm³/mol. The molecule has 1 N–H and O–H groups in total. The molecular weight excluding hydrogens is 268 g/mol. The van der Waals surface area contributed by atoms with Crippen LogP contribution in [-0.2, 0) is 5.41 Å². The van der Waals surface area contributed by atoms with Gasteiger partial charge < -0.3 is 5.32 Å². The van der Waals surface area contributed by atoms with E-state index in [1.54, 1.807) is 23.7 Å². The molecule has 0 aliphatic carbocycles. The van der Waals surface area contributed by atoms with Gasteiger partial charge in [-0.2, -0.15) is 0 Å². The van der Waals surface area contributed by atoms with Gasteiger partial charge in [-0.25, -0.2) is 9.97 Å². The molecule has 0 atom stereocenters. The molecule has 4 nitrogen and oxygen atoms in total. The van der Waals surface area contributed by atoms with Crippen molar-refractivity contribution in [2.75, 3.05) is 11.9 Å². The molecule has 0 spiro atoms. The van der Waals surface area contributed by atoms with Crippen molar-refractivity contribution in [3.63, 3.8) is 0 Å². The molecule has 3 aromatic rings. The van der Waals surface area contributed by atoms with E-state index < -0.39 is 0 Å². The lowest BCUT2D eigenvalue weighted by molar-refractivity contribution is 0.568. The van der Waals surface area contributed by atoms with Crippen LogP contribution in [0.5, 0.6) is 0 Å². The molecule has 3 heterocycles. The third kappa shape index (κ3) is 2.63. The van der Waals surface area contributed by atoms with Crippen LogP contribution in [0.15, 0.2) is 42.0 Å². The first-order valence-electron chi connectivity index (χ1n) is 6.51. The molecule has 0 bridgehead atoms. The summed E-state index contributed by atoms with van der Waals surface area (Å²) in [5.74, 6) is 0.836. The zero-order valence-corrected chi connectivity index (χ0v) is 12.3. The van der Waals surface area contributed by atoms with Crippen LogP contribution in [0.3, 0.4) is 0 Å². The van der Waals surface area contributed by atoms with Gasteiger partial charge in [-0.1, -0.05) is 19.9 Å². The van der Waals surface area contributed by atoms with Crippen molar-refractivity contribution in [3.8, 4) is 0 Å². The summed E-state index contributed by atoms with van der Waals surface area (Å²) in [6.45, 7) is 5.28. The second-order valence-electron chi connectivity index (χ2n) is 5.31. The topological polar surface area (TPSA) is 50.7 Å². The highest BCUT2D eigenvalue weighted by molar-refractivity contribution is 7.10. The van der Waals surface area contributed by atoms with E-state index in [1.807, 2.05) is 12.1 Å². The standard InChI is InChI=1S/C15H16N4S/c1-15(2,12-4-3-9-20-12)10-18-13-6-5-11-14(19-13)17-8-7-16-11/h3-9H,10H2,1-2H3,(H,17,18,19). The number of pyridine rings is 1. The third-order valence-corrected chi connectivity index (χ3v) is 4.47. The molecule has 0 radical (unpaired) electrons. The van der Waals surface area contributed by atoms with E-state index in [4.69, 9.17) is 0 Å².